The fraction of sp³-hybridized carbons (Fsp3) is 0.308. The summed E-state index contributed by atoms with van der Waals surface area (Å²) in [5.41, 5.74) is 6.55. The second-order valence-electron chi connectivity index (χ2n) is 4.96. The van der Waals surface area contributed by atoms with Crippen LogP contribution in [0.2, 0.25) is 5.02 Å². The summed E-state index contributed by atoms with van der Waals surface area (Å²) in [4.78, 5) is 15.1. The SMILES string of the molecule is CC(C)(CN)NC(=O)c1cc2cc(Cl)ccc2[nH]1. The maximum atomic E-state index is 12.0. The van der Waals surface area contributed by atoms with E-state index in [9.17, 15) is 4.79 Å². The van der Waals surface area contributed by atoms with Crippen LogP contribution < -0.4 is 11.1 Å². The highest BCUT2D eigenvalue weighted by atomic mass is 35.5. The van der Waals surface area contributed by atoms with Crippen molar-refractivity contribution >= 4 is 28.4 Å². The van der Waals surface area contributed by atoms with Crippen molar-refractivity contribution in [1.82, 2.24) is 10.3 Å². The van der Waals surface area contributed by atoms with Crippen LogP contribution in [-0.4, -0.2) is 23.0 Å². The van der Waals surface area contributed by atoms with Crippen LogP contribution in [0.1, 0.15) is 24.3 Å². The van der Waals surface area contributed by atoms with Crippen LogP contribution in [0.3, 0.4) is 0 Å². The number of aromatic amines is 1. The first kappa shape index (κ1) is 12.9. The van der Waals surface area contributed by atoms with Gasteiger partial charge in [0.05, 0.1) is 0 Å². The summed E-state index contributed by atoms with van der Waals surface area (Å²) in [6.45, 7) is 4.14. The fourth-order valence-electron chi connectivity index (χ4n) is 1.65. The van der Waals surface area contributed by atoms with Gasteiger partial charge in [0.2, 0.25) is 0 Å². The van der Waals surface area contributed by atoms with Gasteiger partial charge in [0.25, 0.3) is 5.91 Å². The van der Waals surface area contributed by atoms with Crippen LogP contribution in [0.15, 0.2) is 24.3 Å². The number of carbonyl (C=O) groups excluding carboxylic acids is 1. The van der Waals surface area contributed by atoms with Crippen LogP contribution >= 0.6 is 11.6 Å². The summed E-state index contributed by atoms with van der Waals surface area (Å²) in [6, 6.07) is 7.23. The summed E-state index contributed by atoms with van der Waals surface area (Å²) < 4.78 is 0. The molecule has 0 aliphatic heterocycles. The Bertz CT molecular complexity index is 589. The Morgan fingerprint density at radius 3 is 2.83 bits per heavy atom. The number of nitrogens with two attached hydrogens (primary N) is 1. The first-order valence-corrected chi connectivity index (χ1v) is 6.10. The molecule has 2 rings (SSSR count). The van der Waals surface area contributed by atoms with E-state index in [1.54, 1.807) is 12.1 Å². The Morgan fingerprint density at radius 1 is 1.44 bits per heavy atom. The van der Waals surface area contributed by atoms with E-state index in [4.69, 9.17) is 17.3 Å². The summed E-state index contributed by atoms with van der Waals surface area (Å²) in [5, 5.41) is 4.43. The molecule has 1 aromatic heterocycles. The van der Waals surface area contributed by atoms with Gasteiger partial charge in [0, 0.05) is 28.0 Å². The van der Waals surface area contributed by atoms with Crippen LogP contribution in [0.4, 0.5) is 0 Å². The monoisotopic (exact) mass is 265 g/mol. The van der Waals surface area contributed by atoms with Gasteiger partial charge in [-0.15, -0.1) is 0 Å². The third kappa shape index (κ3) is 2.66. The second-order valence-corrected chi connectivity index (χ2v) is 5.39. The van der Waals surface area contributed by atoms with Crippen molar-refractivity contribution in [3.05, 3.63) is 35.0 Å². The molecule has 5 heteroatoms. The maximum Gasteiger partial charge on any atom is 0.268 e. The van der Waals surface area contributed by atoms with Crippen LogP contribution in [0.5, 0.6) is 0 Å². The first-order chi connectivity index (χ1) is 8.41. The number of carbonyl (C=O) groups is 1. The lowest BCUT2D eigenvalue weighted by molar-refractivity contribution is 0.0911. The van der Waals surface area contributed by atoms with Gasteiger partial charge in [-0.3, -0.25) is 4.79 Å². The average Bonchev–Trinajstić information content (AvgIpc) is 2.71. The second kappa shape index (κ2) is 4.63. The van der Waals surface area contributed by atoms with Crippen molar-refractivity contribution < 1.29 is 4.79 Å². The molecule has 1 amide bonds. The molecule has 1 heterocycles. The highest BCUT2D eigenvalue weighted by Gasteiger charge is 2.20. The van der Waals surface area contributed by atoms with Gasteiger partial charge in [-0.1, -0.05) is 11.6 Å². The Hall–Kier alpha value is -1.52. The molecule has 4 nitrogen and oxygen atoms in total. The smallest absolute Gasteiger partial charge is 0.268 e. The zero-order valence-corrected chi connectivity index (χ0v) is 11.1. The van der Waals surface area contributed by atoms with Crippen molar-refractivity contribution in [2.45, 2.75) is 19.4 Å². The molecule has 0 aliphatic rings. The van der Waals surface area contributed by atoms with Crippen molar-refractivity contribution in [1.29, 1.82) is 0 Å². The fourth-order valence-corrected chi connectivity index (χ4v) is 1.83. The molecular formula is C13H16ClN3O. The molecule has 0 aliphatic carbocycles. The molecule has 18 heavy (non-hydrogen) atoms. The lowest BCUT2D eigenvalue weighted by Gasteiger charge is -2.23. The molecular weight excluding hydrogens is 250 g/mol. The molecule has 96 valence electrons. The number of nitrogens with one attached hydrogen (secondary N) is 2. The van der Waals surface area contributed by atoms with Gasteiger partial charge >= 0.3 is 0 Å². The third-order valence-corrected chi connectivity index (χ3v) is 3.02. The molecule has 0 bridgehead atoms. The van der Waals surface area contributed by atoms with Crippen LogP contribution in [0, 0.1) is 0 Å². The lowest BCUT2D eigenvalue weighted by Crippen LogP contribution is -2.48. The number of hydrogen-bond acceptors (Lipinski definition) is 2. The molecule has 4 N–H and O–H groups in total. The van der Waals surface area contributed by atoms with Crippen molar-refractivity contribution in [3.8, 4) is 0 Å². The summed E-state index contributed by atoms with van der Waals surface area (Å²) >= 11 is 5.91. The van der Waals surface area contributed by atoms with Gasteiger partial charge in [0.15, 0.2) is 0 Å². The Balaban J connectivity index is 2.28. The summed E-state index contributed by atoms with van der Waals surface area (Å²) in [6.07, 6.45) is 0. The van der Waals surface area contributed by atoms with Gasteiger partial charge in [-0.05, 0) is 38.1 Å². The number of halogens is 1. The van der Waals surface area contributed by atoms with Crippen molar-refractivity contribution in [3.63, 3.8) is 0 Å². The standard InChI is InChI=1S/C13H16ClN3O/c1-13(2,7-15)17-12(18)11-6-8-5-9(14)3-4-10(8)16-11/h3-6,16H,7,15H2,1-2H3,(H,17,18). The average molecular weight is 266 g/mol. The summed E-state index contributed by atoms with van der Waals surface area (Å²) in [7, 11) is 0. The van der Waals surface area contributed by atoms with Crippen LogP contribution in [0.25, 0.3) is 10.9 Å². The molecule has 0 radical (unpaired) electrons. The number of H-pyrrole nitrogens is 1. The van der Waals surface area contributed by atoms with E-state index < -0.39 is 5.54 Å². The van der Waals surface area contributed by atoms with Gasteiger partial charge < -0.3 is 16.0 Å². The van der Waals surface area contributed by atoms with E-state index in [0.29, 0.717) is 17.3 Å². The topological polar surface area (TPSA) is 70.9 Å². The first-order valence-electron chi connectivity index (χ1n) is 5.72. The zero-order valence-electron chi connectivity index (χ0n) is 10.4. The Kier molecular flexibility index (Phi) is 3.32. The van der Waals surface area contributed by atoms with E-state index in [1.165, 1.54) is 0 Å². The number of aromatic nitrogens is 1. The number of benzene rings is 1. The minimum Gasteiger partial charge on any atom is -0.351 e. The number of rotatable bonds is 3. The number of amides is 1. The number of fused-ring (bicyclic) bond motifs is 1. The molecule has 0 saturated heterocycles. The van der Waals surface area contributed by atoms with Crippen molar-refractivity contribution in [2.24, 2.45) is 5.73 Å². The Labute approximate surface area is 111 Å². The van der Waals surface area contributed by atoms with E-state index in [2.05, 4.69) is 10.3 Å². The zero-order chi connectivity index (χ0) is 13.3. The quantitative estimate of drug-likeness (QED) is 0.797. The molecule has 1 aromatic carbocycles. The molecule has 0 saturated carbocycles. The van der Waals surface area contributed by atoms with Crippen LogP contribution in [-0.2, 0) is 0 Å². The van der Waals surface area contributed by atoms with Gasteiger partial charge in [0.1, 0.15) is 5.69 Å². The summed E-state index contributed by atoms with van der Waals surface area (Å²) in [5.74, 6) is -0.169. The van der Waals surface area contributed by atoms with Gasteiger partial charge in [-0.25, -0.2) is 0 Å². The van der Waals surface area contributed by atoms with Crippen molar-refractivity contribution in [2.75, 3.05) is 6.54 Å². The number of hydrogen-bond donors (Lipinski definition) is 3. The predicted octanol–water partition coefficient (Wildman–Crippen LogP) is 2.29. The molecule has 0 atom stereocenters. The molecule has 0 unspecified atom stereocenters. The highest BCUT2D eigenvalue weighted by Crippen LogP contribution is 2.20. The largest absolute Gasteiger partial charge is 0.351 e. The molecule has 0 fully saturated rings. The minimum atomic E-state index is -0.425. The predicted molar refractivity (Wildman–Crippen MR) is 73.9 cm³/mol. The van der Waals surface area contributed by atoms with E-state index in [1.807, 2.05) is 26.0 Å². The minimum absolute atomic E-state index is 0.169. The maximum absolute atomic E-state index is 12.0. The highest BCUT2D eigenvalue weighted by molar-refractivity contribution is 6.31. The van der Waals surface area contributed by atoms with Gasteiger partial charge in [-0.2, -0.15) is 0 Å². The normalized spacial score (nSPS) is 11.8. The lowest BCUT2D eigenvalue weighted by atomic mass is 10.1. The molecule has 0 spiro atoms. The Morgan fingerprint density at radius 2 is 2.17 bits per heavy atom. The van der Waals surface area contributed by atoms with E-state index in [0.717, 1.165) is 10.9 Å². The van der Waals surface area contributed by atoms with E-state index >= 15 is 0 Å². The van der Waals surface area contributed by atoms with E-state index in [-0.39, 0.29) is 5.91 Å². The third-order valence-electron chi connectivity index (χ3n) is 2.79. The molecule has 2 aromatic rings.